The average Bonchev–Trinajstić information content (AvgIpc) is 2.80. The van der Waals surface area contributed by atoms with E-state index < -0.39 is 6.04 Å². The van der Waals surface area contributed by atoms with Crippen LogP contribution in [0.2, 0.25) is 0 Å². The first-order valence-corrected chi connectivity index (χ1v) is 11.0. The lowest BCUT2D eigenvalue weighted by Gasteiger charge is -2.51. The first kappa shape index (κ1) is 21.2. The van der Waals surface area contributed by atoms with Crippen molar-refractivity contribution in [3.8, 4) is 22.9 Å². The Balaban J connectivity index is 1.48. The molecule has 1 saturated heterocycles. The quantitative estimate of drug-likeness (QED) is 0.765. The second-order valence-electron chi connectivity index (χ2n) is 8.39. The summed E-state index contributed by atoms with van der Waals surface area (Å²) in [6, 6.07) is 17.1. The molecule has 0 radical (unpaired) electrons. The maximum atomic E-state index is 12.8. The van der Waals surface area contributed by atoms with E-state index >= 15 is 0 Å². The number of amides is 2. The molecular formula is C25H29N3O3. The molecule has 1 saturated carbocycles. The minimum Gasteiger partial charge on any atom is -0.497 e. The zero-order valence-corrected chi connectivity index (χ0v) is 17.8. The van der Waals surface area contributed by atoms with Gasteiger partial charge in [0, 0.05) is 12.0 Å². The van der Waals surface area contributed by atoms with E-state index in [1.54, 1.807) is 7.11 Å². The van der Waals surface area contributed by atoms with Crippen molar-refractivity contribution in [2.75, 3.05) is 13.7 Å². The SMILES string of the molecule is COc1ccc(-c2ccc([C@H]3[C@@H](C#N)N(C(=O)NC4CCCCC4)[C@H]3CO)cc2)cc1. The molecule has 3 atom stereocenters. The Hall–Kier alpha value is -3.04. The lowest BCUT2D eigenvalue weighted by Crippen LogP contribution is -2.67. The molecule has 2 aromatic carbocycles. The molecule has 0 unspecified atom stereocenters. The lowest BCUT2D eigenvalue weighted by molar-refractivity contribution is 0.0153. The molecule has 0 spiro atoms. The first-order chi connectivity index (χ1) is 15.2. The number of nitrogens with zero attached hydrogens (tertiary/aromatic N) is 2. The third-order valence-electron chi connectivity index (χ3n) is 6.62. The van der Waals surface area contributed by atoms with E-state index in [9.17, 15) is 15.2 Å². The van der Waals surface area contributed by atoms with Gasteiger partial charge in [0.25, 0.3) is 0 Å². The number of nitrogens with one attached hydrogen (secondary N) is 1. The number of rotatable bonds is 5. The third-order valence-corrected chi connectivity index (χ3v) is 6.62. The molecule has 0 bridgehead atoms. The second-order valence-corrected chi connectivity index (χ2v) is 8.39. The molecule has 2 N–H and O–H groups in total. The van der Waals surface area contributed by atoms with Crippen molar-refractivity contribution in [3.63, 3.8) is 0 Å². The molecule has 2 aliphatic rings. The van der Waals surface area contributed by atoms with Crippen LogP contribution in [0.1, 0.15) is 43.6 Å². The fourth-order valence-electron chi connectivity index (χ4n) is 4.86. The number of nitriles is 1. The number of hydrogen-bond acceptors (Lipinski definition) is 4. The number of ether oxygens (including phenoxy) is 1. The van der Waals surface area contributed by atoms with Crippen molar-refractivity contribution in [3.05, 3.63) is 54.1 Å². The van der Waals surface area contributed by atoms with Gasteiger partial charge in [-0.3, -0.25) is 0 Å². The van der Waals surface area contributed by atoms with Crippen molar-refractivity contribution >= 4 is 6.03 Å². The van der Waals surface area contributed by atoms with Crippen LogP contribution in [0.3, 0.4) is 0 Å². The van der Waals surface area contributed by atoms with Gasteiger partial charge < -0.3 is 20.1 Å². The lowest BCUT2D eigenvalue weighted by atomic mass is 9.75. The van der Waals surface area contributed by atoms with Crippen molar-refractivity contribution in [1.82, 2.24) is 10.2 Å². The van der Waals surface area contributed by atoms with Crippen LogP contribution in [0.15, 0.2) is 48.5 Å². The molecule has 6 nitrogen and oxygen atoms in total. The molecule has 2 amide bonds. The Labute approximate surface area is 183 Å². The summed E-state index contributed by atoms with van der Waals surface area (Å²) in [5.41, 5.74) is 3.10. The largest absolute Gasteiger partial charge is 0.497 e. The van der Waals surface area contributed by atoms with Crippen LogP contribution in [-0.4, -0.2) is 47.9 Å². The molecule has 2 fully saturated rings. The van der Waals surface area contributed by atoms with Crippen LogP contribution in [0.25, 0.3) is 11.1 Å². The monoisotopic (exact) mass is 419 g/mol. The number of aliphatic hydroxyl groups excluding tert-OH is 1. The smallest absolute Gasteiger partial charge is 0.319 e. The fourth-order valence-corrected chi connectivity index (χ4v) is 4.86. The predicted octanol–water partition coefficient (Wildman–Crippen LogP) is 4.06. The topological polar surface area (TPSA) is 85.6 Å². The van der Waals surface area contributed by atoms with Gasteiger partial charge >= 0.3 is 6.03 Å². The standard InChI is InChI=1S/C25H29N3O3/c1-31-21-13-11-18(12-14-21)17-7-9-19(10-8-17)24-22(15-26)28(23(24)16-29)25(30)27-20-5-3-2-4-6-20/h7-14,20,22-24,29H,2-6,16H2,1H3,(H,27,30)/t22-,23+,24+/m1/s1. The zero-order chi connectivity index (χ0) is 21.8. The molecule has 1 aliphatic heterocycles. The van der Waals surface area contributed by atoms with Gasteiger partial charge in [-0.1, -0.05) is 55.7 Å². The Morgan fingerprint density at radius 1 is 1.10 bits per heavy atom. The van der Waals surface area contributed by atoms with Gasteiger partial charge in [0.1, 0.15) is 11.8 Å². The van der Waals surface area contributed by atoms with E-state index in [2.05, 4.69) is 11.4 Å². The van der Waals surface area contributed by atoms with Gasteiger partial charge in [0.05, 0.1) is 25.8 Å². The normalized spacial score (nSPS) is 23.5. The Morgan fingerprint density at radius 3 is 2.26 bits per heavy atom. The highest BCUT2D eigenvalue weighted by atomic mass is 16.5. The molecule has 31 heavy (non-hydrogen) atoms. The molecule has 1 heterocycles. The van der Waals surface area contributed by atoms with Gasteiger partial charge in [-0.05, 0) is 41.7 Å². The van der Waals surface area contributed by atoms with E-state index in [4.69, 9.17) is 4.74 Å². The maximum Gasteiger partial charge on any atom is 0.319 e. The summed E-state index contributed by atoms with van der Waals surface area (Å²) >= 11 is 0. The van der Waals surface area contributed by atoms with Crippen LogP contribution < -0.4 is 10.1 Å². The number of carbonyl (C=O) groups excluding carboxylic acids is 1. The van der Waals surface area contributed by atoms with Crippen LogP contribution in [-0.2, 0) is 0 Å². The van der Waals surface area contributed by atoms with E-state index in [1.165, 1.54) is 11.3 Å². The van der Waals surface area contributed by atoms with E-state index in [1.807, 2.05) is 48.5 Å². The molecule has 4 rings (SSSR count). The number of carbonyl (C=O) groups is 1. The Morgan fingerprint density at radius 2 is 1.71 bits per heavy atom. The summed E-state index contributed by atoms with van der Waals surface area (Å²) in [4.78, 5) is 14.4. The van der Waals surface area contributed by atoms with Crippen molar-refractivity contribution in [2.24, 2.45) is 0 Å². The number of hydrogen-bond donors (Lipinski definition) is 2. The van der Waals surface area contributed by atoms with Crippen LogP contribution >= 0.6 is 0 Å². The van der Waals surface area contributed by atoms with Crippen molar-refractivity contribution in [1.29, 1.82) is 5.26 Å². The summed E-state index contributed by atoms with van der Waals surface area (Å²) < 4.78 is 5.21. The summed E-state index contributed by atoms with van der Waals surface area (Å²) in [7, 11) is 1.64. The minimum atomic E-state index is -0.576. The van der Waals surface area contributed by atoms with Gasteiger partial charge in [-0.25, -0.2) is 4.79 Å². The molecule has 162 valence electrons. The second kappa shape index (κ2) is 9.40. The Kier molecular flexibility index (Phi) is 6.43. The molecule has 1 aliphatic carbocycles. The van der Waals surface area contributed by atoms with Gasteiger partial charge in [0.15, 0.2) is 0 Å². The van der Waals surface area contributed by atoms with Crippen LogP contribution in [0.5, 0.6) is 5.75 Å². The van der Waals surface area contributed by atoms with Gasteiger partial charge in [0.2, 0.25) is 0 Å². The van der Waals surface area contributed by atoms with E-state index in [-0.39, 0.29) is 30.6 Å². The number of aliphatic hydroxyl groups is 1. The summed E-state index contributed by atoms with van der Waals surface area (Å²) in [5.74, 6) is 0.612. The summed E-state index contributed by atoms with van der Waals surface area (Å²) in [6.45, 7) is -0.166. The molecule has 0 aromatic heterocycles. The van der Waals surface area contributed by atoms with Crippen LogP contribution in [0.4, 0.5) is 4.79 Å². The Bertz CT molecular complexity index is 930. The number of methoxy groups -OCH3 is 1. The summed E-state index contributed by atoms with van der Waals surface area (Å²) in [6.07, 6.45) is 5.43. The molecule has 6 heteroatoms. The van der Waals surface area contributed by atoms with E-state index in [0.29, 0.717) is 0 Å². The maximum absolute atomic E-state index is 12.8. The van der Waals surface area contributed by atoms with Crippen molar-refractivity contribution in [2.45, 2.75) is 56.1 Å². The van der Waals surface area contributed by atoms with Gasteiger partial charge in [-0.2, -0.15) is 5.26 Å². The highest BCUT2D eigenvalue weighted by Crippen LogP contribution is 2.41. The highest BCUT2D eigenvalue weighted by Gasteiger charge is 2.52. The van der Waals surface area contributed by atoms with Crippen molar-refractivity contribution < 1.29 is 14.6 Å². The molecule has 2 aromatic rings. The number of urea groups is 1. The van der Waals surface area contributed by atoms with Gasteiger partial charge in [-0.15, -0.1) is 0 Å². The zero-order valence-electron chi connectivity index (χ0n) is 17.8. The molecular weight excluding hydrogens is 390 g/mol. The average molecular weight is 420 g/mol. The number of benzene rings is 2. The third kappa shape index (κ3) is 4.24. The summed E-state index contributed by atoms with van der Waals surface area (Å²) in [5, 5.41) is 22.8. The minimum absolute atomic E-state index is 0.166. The number of likely N-dealkylation sites (tertiary alicyclic amines) is 1. The first-order valence-electron chi connectivity index (χ1n) is 11.0. The predicted molar refractivity (Wildman–Crippen MR) is 119 cm³/mol. The fraction of sp³-hybridized carbons (Fsp3) is 0.440. The van der Waals surface area contributed by atoms with Crippen LogP contribution in [0, 0.1) is 11.3 Å². The van der Waals surface area contributed by atoms with E-state index in [0.717, 1.165) is 48.1 Å². The highest BCUT2D eigenvalue weighted by molar-refractivity contribution is 5.78.